The van der Waals surface area contributed by atoms with E-state index in [2.05, 4.69) is 0 Å². The van der Waals surface area contributed by atoms with Crippen LogP contribution in [0.25, 0.3) is 0 Å². The van der Waals surface area contributed by atoms with Crippen molar-refractivity contribution >= 4 is 17.7 Å². The average Bonchev–Trinajstić information content (AvgIpc) is 2.60. The average molecular weight is 387 g/mol. The lowest BCUT2D eigenvalue weighted by Gasteiger charge is -2.25. The highest BCUT2D eigenvalue weighted by molar-refractivity contribution is 5.73. The lowest BCUT2D eigenvalue weighted by molar-refractivity contribution is -0.131. The first-order valence-electron chi connectivity index (χ1n) is 9.41. The first-order valence-corrected chi connectivity index (χ1v) is 9.41. The van der Waals surface area contributed by atoms with Crippen molar-refractivity contribution in [3.05, 3.63) is 0 Å². The van der Waals surface area contributed by atoms with Crippen LogP contribution in [0.3, 0.4) is 0 Å². The van der Waals surface area contributed by atoms with Gasteiger partial charge in [0, 0.05) is 60.0 Å². The minimum Gasteiger partial charge on any atom is -0.378 e. The zero-order valence-corrected chi connectivity index (χ0v) is 16.8. The molecule has 0 radical (unpaired) electrons. The summed E-state index contributed by atoms with van der Waals surface area (Å²) in [6.07, 6.45) is 0. The van der Waals surface area contributed by atoms with Crippen molar-refractivity contribution in [2.45, 2.75) is 20.8 Å². The van der Waals surface area contributed by atoms with E-state index in [1.165, 1.54) is 20.8 Å². The summed E-state index contributed by atoms with van der Waals surface area (Å²) < 4.78 is 16.7. The van der Waals surface area contributed by atoms with Crippen LogP contribution in [-0.2, 0) is 28.6 Å². The topological polar surface area (TPSA) is 88.6 Å². The molecule has 1 aliphatic rings. The molecule has 0 N–H and O–H groups in total. The van der Waals surface area contributed by atoms with Gasteiger partial charge in [0.2, 0.25) is 17.7 Å². The first kappa shape index (κ1) is 23.3. The second-order valence-corrected chi connectivity index (χ2v) is 6.36. The smallest absolute Gasteiger partial charge is 0.219 e. The summed E-state index contributed by atoms with van der Waals surface area (Å²) >= 11 is 0. The maximum absolute atomic E-state index is 11.7. The van der Waals surface area contributed by atoms with Gasteiger partial charge in [-0.2, -0.15) is 0 Å². The van der Waals surface area contributed by atoms with Gasteiger partial charge < -0.3 is 28.9 Å². The molecule has 9 nitrogen and oxygen atoms in total. The van der Waals surface area contributed by atoms with E-state index in [-0.39, 0.29) is 17.7 Å². The van der Waals surface area contributed by atoms with E-state index in [0.29, 0.717) is 78.9 Å². The molecule has 0 spiro atoms. The molecule has 27 heavy (non-hydrogen) atoms. The molecular weight excluding hydrogens is 354 g/mol. The minimum atomic E-state index is -0.0375. The molecule has 0 aromatic carbocycles. The Hall–Kier alpha value is -1.71. The highest BCUT2D eigenvalue weighted by Gasteiger charge is 2.12. The minimum absolute atomic E-state index is 0.0375. The van der Waals surface area contributed by atoms with E-state index in [1.807, 2.05) is 0 Å². The van der Waals surface area contributed by atoms with Crippen LogP contribution in [0, 0.1) is 0 Å². The van der Waals surface area contributed by atoms with Crippen molar-refractivity contribution in [1.29, 1.82) is 0 Å². The van der Waals surface area contributed by atoms with E-state index in [0.717, 1.165) is 0 Å². The predicted octanol–water partition coefficient (Wildman–Crippen LogP) is -0.405. The highest BCUT2D eigenvalue weighted by atomic mass is 16.5. The molecule has 0 atom stereocenters. The van der Waals surface area contributed by atoms with Crippen LogP contribution in [0.15, 0.2) is 0 Å². The third-order valence-electron chi connectivity index (χ3n) is 4.37. The normalized spacial score (nSPS) is 19.9. The Morgan fingerprint density at radius 1 is 0.481 bits per heavy atom. The van der Waals surface area contributed by atoms with Gasteiger partial charge in [-0.25, -0.2) is 0 Å². The third-order valence-corrected chi connectivity index (χ3v) is 4.37. The Balaban J connectivity index is 2.59. The molecule has 156 valence electrons. The van der Waals surface area contributed by atoms with E-state index < -0.39 is 0 Å². The van der Waals surface area contributed by atoms with E-state index in [9.17, 15) is 14.4 Å². The molecule has 0 unspecified atom stereocenters. The van der Waals surface area contributed by atoms with Gasteiger partial charge in [0.15, 0.2) is 0 Å². The number of rotatable bonds is 0. The summed E-state index contributed by atoms with van der Waals surface area (Å²) in [5, 5.41) is 0. The fourth-order valence-corrected chi connectivity index (χ4v) is 2.63. The van der Waals surface area contributed by atoms with Gasteiger partial charge in [0.1, 0.15) is 0 Å². The summed E-state index contributed by atoms with van der Waals surface area (Å²) in [5.41, 5.74) is 0. The zero-order valence-electron chi connectivity index (χ0n) is 16.8. The molecular formula is C18H33N3O6. The van der Waals surface area contributed by atoms with E-state index in [4.69, 9.17) is 14.2 Å². The van der Waals surface area contributed by atoms with E-state index in [1.54, 1.807) is 14.7 Å². The maximum Gasteiger partial charge on any atom is 0.219 e. The monoisotopic (exact) mass is 387 g/mol. The van der Waals surface area contributed by atoms with Gasteiger partial charge in [-0.05, 0) is 0 Å². The molecule has 3 amide bonds. The largest absolute Gasteiger partial charge is 0.378 e. The lowest BCUT2D eigenvalue weighted by Crippen LogP contribution is -2.39. The number of carbonyl (C=O) groups excluding carboxylic acids is 3. The Morgan fingerprint density at radius 2 is 0.667 bits per heavy atom. The lowest BCUT2D eigenvalue weighted by atomic mass is 10.4. The van der Waals surface area contributed by atoms with Crippen molar-refractivity contribution < 1.29 is 28.6 Å². The fraction of sp³-hybridized carbons (Fsp3) is 0.833. The summed E-state index contributed by atoms with van der Waals surface area (Å²) in [7, 11) is 0. The highest BCUT2D eigenvalue weighted by Crippen LogP contribution is 1.97. The number of carbonyl (C=O) groups is 3. The van der Waals surface area contributed by atoms with Gasteiger partial charge in [-0.15, -0.1) is 0 Å². The van der Waals surface area contributed by atoms with Crippen molar-refractivity contribution in [3.8, 4) is 0 Å². The van der Waals surface area contributed by atoms with Crippen LogP contribution in [-0.4, -0.2) is 111 Å². The van der Waals surface area contributed by atoms with Gasteiger partial charge >= 0.3 is 0 Å². The van der Waals surface area contributed by atoms with Gasteiger partial charge in [0.05, 0.1) is 39.6 Å². The van der Waals surface area contributed by atoms with Crippen LogP contribution in [0.2, 0.25) is 0 Å². The number of amides is 3. The van der Waals surface area contributed by atoms with Crippen LogP contribution >= 0.6 is 0 Å². The third kappa shape index (κ3) is 10.3. The van der Waals surface area contributed by atoms with Crippen LogP contribution in [0.1, 0.15) is 20.8 Å². The first-order chi connectivity index (χ1) is 12.9. The predicted molar refractivity (Wildman–Crippen MR) is 99.2 cm³/mol. The van der Waals surface area contributed by atoms with Gasteiger partial charge in [-0.1, -0.05) is 0 Å². The van der Waals surface area contributed by atoms with Gasteiger partial charge in [0.25, 0.3) is 0 Å². The summed E-state index contributed by atoms with van der Waals surface area (Å²) in [4.78, 5) is 40.1. The number of ether oxygens (including phenoxy) is 3. The van der Waals surface area contributed by atoms with Crippen LogP contribution < -0.4 is 0 Å². The number of nitrogens with zero attached hydrogens (tertiary/aromatic N) is 3. The van der Waals surface area contributed by atoms with Crippen molar-refractivity contribution in [2.24, 2.45) is 0 Å². The molecule has 1 saturated heterocycles. The van der Waals surface area contributed by atoms with Crippen LogP contribution in [0.5, 0.6) is 0 Å². The Bertz CT molecular complexity index is 389. The number of hydrogen-bond donors (Lipinski definition) is 0. The van der Waals surface area contributed by atoms with Crippen molar-refractivity contribution in [1.82, 2.24) is 14.7 Å². The molecule has 0 aliphatic carbocycles. The molecule has 9 heteroatoms. The quantitative estimate of drug-likeness (QED) is 0.562. The Labute approximate surface area is 161 Å². The molecule has 1 rings (SSSR count). The molecule has 0 aromatic heterocycles. The van der Waals surface area contributed by atoms with Crippen molar-refractivity contribution in [2.75, 3.05) is 78.9 Å². The zero-order chi connectivity index (χ0) is 20.1. The SMILES string of the molecule is CC(=O)N1CCOCCN(C(C)=O)CCOCCN(C(C)=O)CCOCC1. The second-order valence-electron chi connectivity index (χ2n) is 6.36. The van der Waals surface area contributed by atoms with Crippen LogP contribution in [0.4, 0.5) is 0 Å². The standard InChI is InChI=1S/C18H33N3O6/c1-16(22)19-4-10-25-12-6-20(17(2)23)8-14-27-15-9-21(18(3)24)7-13-26-11-5-19/h4-15H2,1-3H3. The Morgan fingerprint density at radius 3 is 0.815 bits per heavy atom. The fourth-order valence-electron chi connectivity index (χ4n) is 2.63. The maximum atomic E-state index is 11.7. The van der Waals surface area contributed by atoms with Gasteiger partial charge in [-0.3, -0.25) is 14.4 Å². The second kappa shape index (κ2) is 13.5. The number of hydrogen-bond acceptors (Lipinski definition) is 6. The molecule has 1 aliphatic heterocycles. The van der Waals surface area contributed by atoms with Crippen molar-refractivity contribution in [3.63, 3.8) is 0 Å². The summed E-state index contributed by atoms with van der Waals surface area (Å²) in [6.45, 7) is 9.80. The molecule has 1 heterocycles. The molecule has 0 bridgehead atoms. The molecule has 0 aromatic rings. The van der Waals surface area contributed by atoms with E-state index >= 15 is 0 Å². The Kier molecular flexibility index (Phi) is 11.6. The molecule has 1 fully saturated rings. The summed E-state index contributed by atoms with van der Waals surface area (Å²) in [6, 6.07) is 0. The molecule has 0 saturated carbocycles. The summed E-state index contributed by atoms with van der Waals surface area (Å²) in [5.74, 6) is -0.113.